The van der Waals surface area contributed by atoms with Gasteiger partial charge in [0, 0.05) is 37.3 Å². The Hall–Kier alpha value is -1.78. The van der Waals surface area contributed by atoms with Crippen molar-refractivity contribution in [2.24, 2.45) is 11.3 Å². The summed E-state index contributed by atoms with van der Waals surface area (Å²) in [6.07, 6.45) is -3.57. The van der Waals surface area contributed by atoms with Crippen LogP contribution in [0.3, 0.4) is 0 Å². The average molecular weight is 353 g/mol. The van der Waals surface area contributed by atoms with Gasteiger partial charge in [0.2, 0.25) is 0 Å². The summed E-state index contributed by atoms with van der Waals surface area (Å²) in [4.78, 5) is 2.01. The van der Waals surface area contributed by atoms with E-state index in [1.54, 1.807) is 12.1 Å². The molecule has 0 saturated carbocycles. The Morgan fingerprint density at radius 1 is 1.44 bits per heavy atom. The van der Waals surface area contributed by atoms with E-state index in [-0.39, 0.29) is 11.0 Å². The Morgan fingerprint density at radius 2 is 2.24 bits per heavy atom. The summed E-state index contributed by atoms with van der Waals surface area (Å²) < 4.78 is 45.4. The van der Waals surface area contributed by atoms with Crippen molar-refractivity contribution < 1.29 is 17.9 Å². The fraction of sp³-hybridized carbons (Fsp3) is 0.611. The fourth-order valence-corrected chi connectivity index (χ4v) is 4.01. The second-order valence-corrected chi connectivity index (χ2v) is 6.87. The van der Waals surface area contributed by atoms with Crippen LogP contribution in [0.25, 0.3) is 0 Å². The first kappa shape index (κ1) is 18.0. The van der Waals surface area contributed by atoms with E-state index in [0.29, 0.717) is 37.9 Å². The summed E-state index contributed by atoms with van der Waals surface area (Å²) in [5, 5.41) is 12.3. The number of piperidine rings is 1. The molecule has 1 N–H and O–H groups in total. The van der Waals surface area contributed by atoms with E-state index in [0.717, 1.165) is 25.6 Å². The Balaban J connectivity index is 1.89. The van der Waals surface area contributed by atoms with Gasteiger partial charge in [-0.15, -0.1) is 0 Å². The lowest BCUT2D eigenvalue weighted by molar-refractivity contribution is -0.137. The van der Waals surface area contributed by atoms with E-state index in [1.165, 1.54) is 6.07 Å². The molecule has 0 unspecified atom stereocenters. The highest BCUT2D eigenvalue weighted by molar-refractivity contribution is 5.56. The topological polar surface area (TPSA) is 48.3 Å². The van der Waals surface area contributed by atoms with Gasteiger partial charge in [0.15, 0.2) is 0 Å². The lowest BCUT2D eigenvalue weighted by atomic mass is 9.74. The van der Waals surface area contributed by atoms with Gasteiger partial charge in [0.25, 0.3) is 0 Å². The summed E-state index contributed by atoms with van der Waals surface area (Å²) in [6, 6.07) is 5.63. The van der Waals surface area contributed by atoms with Gasteiger partial charge >= 0.3 is 6.18 Å². The van der Waals surface area contributed by atoms with Crippen molar-refractivity contribution >= 4 is 5.69 Å². The molecule has 2 atom stereocenters. The zero-order valence-electron chi connectivity index (χ0n) is 14.2. The second-order valence-electron chi connectivity index (χ2n) is 6.87. The number of nitrogens with one attached hydrogen (secondary N) is 1. The highest BCUT2D eigenvalue weighted by Crippen LogP contribution is 2.44. The predicted molar refractivity (Wildman–Crippen MR) is 88.3 cm³/mol. The summed E-state index contributed by atoms with van der Waals surface area (Å²) in [7, 11) is 0. The highest BCUT2D eigenvalue weighted by atomic mass is 19.4. The number of rotatable bonds is 4. The quantitative estimate of drug-likeness (QED) is 0.904. The van der Waals surface area contributed by atoms with E-state index in [9.17, 15) is 13.2 Å². The maximum absolute atomic E-state index is 13.2. The fourth-order valence-electron chi connectivity index (χ4n) is 4.01. The van der Waals surface area contributed by atoms with Gasteiger partial charge in [-0.1, -0.05) is 0 Å². The average Bonchev–Trinajstić information content (AvgIpc) is 2.98. The third-order valence-corrected chi connectivity index (χ3v) is 5.39. The number of ether oxygens (including phenoxy) is 1. The third kappa shape index (κ3) is 3.46. The predicted octanol–water partition coefficient (Wildman–Crippen LogP) is 3.03. The van der Waals surface area contributed by atoms with E-state index < -0.39 is 11.7 Å². The number of nitrogens with zero attached hydrogens (tertiary/aromatic N) is 2. The van der Waals surface area contributed by atoms with E-state index in [1.807, 2.05) is 11.8 Å². The van der Waals surface area contributed by atoms with Crippen molar-refractivity contribution in [2.75, 3.05) is 44.3 Å². The summed E-state index contributed by atoms with van der Waals surface area (Å²) in [5.41, 5.74) is -0.692. The first-order valence-electron chi connectivity index (χ1n) is 8.54. The second kappa shape index (κ2) is 6.85. The Labute approximate surface area is 145 Å². The SMILES string of the molecule is CCOC[C@@]12CCNC[C@@H]1CN(c1ccc(C#N)c(C(F)(F)F)c1)C2. The number of nitriles is 1. The number of halogens is 3. The molecule has 0 spiro atoms. The molecule has 0 aliphatic carbocycles. The number of fused-ring (bicyclic) bond motifs is 1. The Kier molecular flexibility index (Phi) is 4.94. The monoisotopic (exact) mass is 353 g/mol. The summed E-state index contributed by atoms with van der Waals surface area (Å²) in [6.45, 7) is 6.36. The maximum Gasteiger partial charge on any atom is 0.417 e. The molecule has 2 aliphatic heterocycles. The third-order valence-electron chi connectivity index (χ3n) is 5.39. The molecule has 2 fully saturated rings. The molecular weight excluding hydrogens is 331 g/mol. The zero-order valence-corrected chi connectivity index (χ0v) is 14.2. The molecule has 2 heterocycles. The highest BCUT2D eigenvalue weighted by Gasteiger charge is 2.48. The number of alkyl halides is 3. The van der Waals surface area contributed by atoms with Crippen molar-refractivity contribution in [3.05, 3.63) is 29.3 Å². The summed E-state index contributed by atoms with van der Waals surface area (Å²) >= 11 is 0. The summed E-state index contributed by atoms with van der Waals surface area (Å²) in [5.74, 6) is 0.345. The van der Waals surface area contributed by atoms with Crippen LogP contribution in [-0.4, -0.2) is 39.4 Å². The molecule has 1 aromatic rings. The molecule has 0 amide bonds. The molecule has 2 aliphatic rings. The molecule has 7 heteroatoms. The molecule has 0 aromatic heterocycles. The first-order chi connectivity index (χ1) is 11.9. The van der Waals surface area contributed by atoms with Crippen molar-refractivity contribution in [3.63, 3.8) is 0 Å². The number of anilines is 1. The van der Waals surface area contributed by atoms with Crippen molar-refractivity contribution in [3.8, 4) is 6.07 Å². The molecule has 136 valence electrons. The van der Waals surface area contributed by atoms with Crippen LogP contribution >= 0.6 is 0 Å². The maximum atomic E-state index is 13.2. The van der Waals surface area contributed by atoms with Crippen molar-refractivity contribution in [1.29, 1.82) is 5.26 Å². The van der Waals surface area contributed by atoms with Crippen molar-refractivity contribution in [2.45, 2.75) is 19.5 Å². The largest absolute Gasteiger partial charge is 0.417 e. The van der Waals surface area contributed by atoms with Crippen LogP contribution in [0.4, 0.5) is 18.9 Å². The van der Waals surface area contributed by atoms with Gasteiger partial charge < -0.3 is 15.0 Å². The molecule has 0 radical (unpaired) electrons. The van der Waals surface area contributed by atoms with Crippen LogP contribution in [0.5, 0.6) is 0 Å². The van der Waals surface area contributed by atoms with Crippen LogP contribution in [0.15, 0.2) is 18.2 Å². The van der Waals surface area contributed by atoms with E-state index in [2.05, 4.69) is 5.32 Å². The van der Waals surface area contributed by atoms with Gasteiger partial charge in [0.1, 0.15) is 0 Å². The van der Waals surface area contributed by atoms with E-state index >= 15 is 0 Å². The molecule has 3 rings (SSSR count). The minimum Gasteiger partial charge on any atom is -0.381 e. The number of benzene rings is 1. The van der Waals surface area contributed by atoms with Crippen LogP contribution in [0, 0.1) is 22.7 Å². The van der Waals surface area contributed by atoms with Crippen LogP contribution in [0.2, 0.25) is 0 Å². The van der Waals surface area contributed by atoms with Gasteiger partial charge in [-0.2, -0.15) is 18.4 Å². The van der Waals surface area contributed by atoms with Crippen LogP contribution in [-0.2, 0) is 10.9 Å². The molecule has 2 saturated heterocycles. The Bertz CT molecular complexity index is 671. The van der Waals surface area contributed by atoms with Gasteiger partial charge in [0.05, 0.1) is 23.8 Å². The molecule has 4 nitrogen and oxygen atoms in total. The van der Waals surface area contributed by atoms with Crippen molar-refractivity contribution in [1.82, 2.24) is 5.32 Å². The molecule has 25 heavy (non-hydrogen) atoms. The van der Waals surface area contributed by atoms with Gasteiger partial charge in [-0.05, 0) is 44.0 Å². The van der Waals surface area contributed by atoms with Crippen LogP contribution in [0.1, 0.15) is 24.5 Å². The Morgan fingerprint density at radius 3 is 2.92 bits per heavy atom. The van der Waals surface area contributed by atoms with Crippen LogP contribution < -0.4 is 10.2 Å². The zero-order chi connectivity index (χ0) is 18.1. The van der Waals surface area contributed by atoms with Gasteiger partial charge in [-0.25, -0.2) is 0 Å². The smallest absolute Gasteiger partial charge is 0.381 e. The molecular formula is C18H22F3N3O. The normalized spacial score (nSPS) is 26.4. The van der Waals surface area contributed by atoms with E-state index in [4.69, 9.17) is 10.00 Å². The lowest BCUT2D eigenvalue weighted by Gasteiger charge is -2.38. The lowest BCUT2D eigenvalue weighted by Crippen LogP contribution is -2.47. The number of hydrogen-bond acceptors (Lipinski definition) is 4. The van der Waals surface area contributed by atoms with Gasteiger partial charge in [-0.3, -0.25) is 0 Å². The first-order valence-corrected chi connectivity index (χ1v) is 8.54. The molecule has 1 aromatic carbocycles. The standard InChI is InChI=1S/C18H22F3N3O/c1-2-25-12-17-5-6-23-9-14(17)10-24(11-17)15-4-3-13(8-22)16(7-15)18(19,20)21/h3-4,7,14,23H,2,5-6,9-12H2,1H3/t14-,17+/m1/s1. The minimum absolute atomic E-state index is 0.0203. The minimum atomic E-state index is -4.53. The number of hydrogen-bond donors (Lipinski definition) is 1. The molecule has 0 bridgehead atoms.